The highest BCUT2D eigenvalue weighted by Crippen LogP contribution is 2.36. The van der Waals surface area contributed by atoms with Gasteiger partial charge in [-0.25, -0.2) is 0 Å². The molecule has 1 saturated heterocycles. The maximum Gasteiger partial charge on any atom is 0.307 e. The predicted octanol–water partition coefficient (Wildman–Crippen LogP) is 4.34. The van der Waals surface area contributed by atoms with Crippen LogP contribution >= 0.6 is 11.3 Å². The average Bonchev–Trinajstić information content (AvgIpc) is 3.03. The molecule has 4 nitrogen and oxygen atoms in total. The summed E-state index contributed by atoms with van der Waals surface area (Å²) in [4.78, 5) is 16.3. The molecule has 2 unspecified atom stereocenters. The molecule has 1 aromatic carbocycles. The Morgan fingerprint density at radius 3 is 2.68 bits per heavy atom. The lowest BCUT2D eigenvalue weighted by Crippen LogP contribution is -2.41. The molecule has 0 aliphatic carbocycles. The van der Waals surface area contributed by atoms with E-state index < -0.39 is 5.97 Å². The first-order valence-electron chi connectivity index (χ1n) is 8.84. The number of nitrogens with zero attached hydrogens (tertiary/aromatic N) is 1. The monoisotopic (exact) mass is 359 g/mol. The molecule has 0 bridgehead atoms. The Morgan fingerprint density at radius 2 is 2.08 bits per heavy atom. The maximum atomic E-state index is 11.5. The number of carboxylic acids is 1. The normalized spacial score (nSPS) is 19.5. The van der Waals surface area contributed by atoms with Gasteiger partial charge in [-0.15, -0.1) is 11.3 Å². The highest BCUT2D eigenvalue weighted by Gasteiger charge is 2.31. The SMILES string of the molecule is CCOc1ccc(C(c2ccc(C)s2)N2CCCC(C(=O)O)C2)cc1. The first-order chi connectivity index (χ1) is 12.1. The zero-order chi connectivity index (χ0) is 17.8. The molecule has 2 aromatic rings. The number of ether oxygens (including phenoxy) is 1. The van der Waals surface area contributed by atoms with Gasteiger partial charge in [0.25, 0.3) is 0 Å². The van der Waals surface area contributed by atoms with E-state index in [1.807, 2.05) is 19.1 Å². The molecule has 1 aliphatic heterocycles. The van der Waals surface area contributed by atoms with Gasteiger partial charge in [0.05, 0.1) is 18.6 Å². The smallest absolute Gasteiger partial charge is 0.307 e. The van der Waals surface area contributed by atoms with Crippen molar-refractivity contribution in [1.29, 1.82) is 0 Å². The summed E-state index contributed by atoms with van der Waals surface area (Å²) in [5.41, 5.74) is 1.19. The van der Waals surface area contributed by atoms with E-state index in [1.54, 1.807) is 11.3 Å². The predicted molar refractivity (Wildman–Crippen MR) is 100 cm³/mol. The van der Waals surface area contributed by atoms with E-state index in [1.165, 1.54) is 15.3 Å². The summed E-state index contributed by atoms with van der Waals surface area (Å²) in [6, 6.07) is 12.6. The van der Waals surface area contributed by atoms with Gasteiger partial charge in [-0.1, -0.05) is 12.1 Å². The van der Waals surface area contributed by atoms with Crippen molar-refractivity contribution in [2.75, 3.05) is 19.7 Å². The Balaban J connectivity index is 1.91. The van der Waals surface area contributed by atoms with Gasteiger partial charge >= 0.3 is 5.97 Å². The summed E-state index contributed by atoms with van der Waals surface area (Å²) >= 11 is 1.79. The van der Waals surface area contributed by atoms with Crippen LogP contribution in [0.15, 0.2) is 36.4 Å². The highest BCUT2D eigenvalue weighted by molar-refractivity contribution is 7.12. The third-order valence-corrected chi connectivity index (χ3v) is 5.76. The van der Waals surface area contributed by atoms with E-state index in [2.05, 4.69) is 36.1 Å². The molecule has 134 valence electrons. The summed E-state index contributed by atoms with van der Waals surface area (Å²) in [7, 11) is 0. The summed E-state index contributed by atoms with van der Waals surface area (Å²) in [5.74, 6) is -0.0908. The molecular weight excluding hydrogens is 334 g/mol. The summed E-state index contributed by atoms with van der Waals surface area (Å²) in [6.45, 7) is 6.27. The maximum absolute atomic E-state index is 11.5. The number of carboxylic acid groups (broad SMARTS) is 1. The zero-order valence-electron chi connectivity index (χ0n) is 14.8. The van der Waals surface area contributed by atoms with Crippen LogP contribution in [0.3, 0.4) is 0 Å². The lowest BCUT2D eigenvalue weighted by Gasteiger charge is -2.37. The lowest BCUT2D eigenvalue weighted by molar-refractivity contribution is -0.143. The van der Waals surface area contributed by atoms with Crippen molar-refractivity contribution in [2.24, 2.45) is 5.92 Å². The Bertz CT molecular complexity index is 710. The number of rotatable bonds is 6. The van der Waals surface area contributed by atoms with Crippen LogP contribution in [0.4, 0.5) is 0 Å². The van der Waals surface area contributed by atoms with Crippen molar-refractivity contribution < 1.29 is 14.6 Å². The van der Waals surface area contributed by atoms with Gasteiger partial charge in [-0.3, -0.25) is 9.69 Å². The standard InChI is InChI=1S/C20H25NO3S/c1-3-24-17-9-7-15(8-10-17)19(18-11-6-14(2)25-18)21-12-4-5-16(13-21)20(22)23/h6-11,16,19H,3-5,12-13H2,1-2H3,(H,22,23). The Kier molecular flexibility index (Phi) is 5.76. The molecule has 1 fully saturated rings. The number of carbonyl (C=O) groups is 1. The number of likely N-dealkylation sites (tertiary alicyclic amines) is 1. The average molecular weight is 359 g/mol. The number of benzene rings is 1. The van der Waals surface area contributed by atoms with E-state index in [0.29, 0.717) is 13.2 Å². The van der Waals surface area contributed by atoms with Crippen LogP contribution in [-0.2, 0) is 4.79 Å². The molecule has 0 saturated carbocycles. The van der Waals surface area contributed by atoms with Crippen LogP contribution in [0.1, 0.15) is 41.1 Å². The van der Waals surface area contributed by atoms with Crippen LogP contribution in [0.25, 0.3) is 0 Å². The molecule has 1 N–H and O–H groups in total. The van der Waals surface area contributed by atoms with Crippen LogP contribution in [0.2, 0.25) is 0 Å². The summed E-state index contributed by atoms with van der Waals surface area (Å²) in [6.07, 6.45) is 1.69. The van der Waals surface area contributed by atoms with Gasteiger partial charge in [0, 0.05) is 16.3 Å². The van der Waals surface area contributed by atoms with E-state index in [-0.39, 0.29) is 12.0 Å². The Hall–Kier alpha value is -1.85. The topological polar surface area (TPSA) is 49.8 Å². The molecule has 0 spiro atoms. The van der Waals surface area contributed by atoms with Crippen molar-refractivity contribution in [3.8, 4) is 5.75 Å². The third kappa shape index (κ3) is 4.22. The fraction of sp³-hybridized carbons (Fsp3) is 0.450. The van der Waals surface area contributed by atoms with E-state index in [0.717, 1.165) is 25.1 Å². The van der Waals surface area contributed by atoms with Gasteiger partial charge in [-0.2, -0.15) is 0 Å². The zero-order valence-corrected chi connectivity index (χ0v) is 15.6. The van der Waals surface area contributed by atoms with Gasteiger partial charge in [0.2, 0.25) is 0 Å². The molecule has 0 amide bonds. The van der Waals surface area contributed by atoms with Crippen molar-refractivity contribution in [3.05, 3.63) is 51.7 Å². The molecule has 5 heteroatoms. The van der Waals surface area contributed by atoms with Crippen molar-refractivity contribution in [2.45, 2.75) is 32.7 Å². The molecule has 2 atom stereocenters. The second-order valence-electron chi connectivity index (χ2n) is 6.53. The molecular formula is C20H25NO3S. The fourth-order valence-corrected chi connectivity index (χ4v) is 4.55. The van der Waals surface area contributed by atoms with E-state index in [9.17, 15) is 9.90 Å². The van der Waals surface area contributed by atoms with Crippen molar-refractivity contribution >= 4 is 17.3 Å². The van der Waals surface area contributed by atoms with Gasteiger partial charge in [0.15, 0.2) is 0 Å². The van der Waals surface area contributed by atoms with E-state index >= 15 is 0 Å². The Labute approximate surface area is 153 Å². The number of hydrogen-bond donors (Lipinski definition) is 1. The minimum atomic E-state index is -0.683. The van der Waals surface area contributed by atoms with Gasteiger partial charge in [0.1, 0.15) is 5.75 Å². The minimum Gasteiger partial charge on any atom is -0.494 e. The molecule has 0 radical (unpaired) electrons. The number of hydrogen-bond acceptors (Lipinski definition) is 4. The fourth-order valence-electron chi connectivity index (χ4n) is 3.51. The first-order valence-corrected chi connectivity index (χ1v) is 9.66. The molecule has 2 heterocycles. The van der Waals surface area contributed by atoms with Crippen LogP contribution in [0.5, 0.6) is 5.75 Å². The largest absolute Gasteiger partial charge is 0.494 e. The molecule has 1 aliphatic rings. The Morgan fingerprint density at radius 1 is 1.32 bits per heavy atom. The lowest BCUT2D eigenvalue weighted by atomic mass is 9.94. The second-order valence-corrected chi connectivity index (χ2v) is 7.84. The quantitative estimate of drug-likeness (QED) is 0.833. The van der Waals surface area contributed by atoms with Crippen molar-refractivity contribution in [1.82, 2.24) is 4.90 Å². The third-order valence-electron chi connectivity index (χ3n) is 4.70. The summed E-state index contributed by atoms with van der Waals surface area (Å²) in [5, 5.41) is 9.44. The number of piperidine rings is 1. The summed E-state index contributed by atoms with van der Waals surface area (Å²) < 4.78 is 5.56. The van der Waals surface area contributed by atoms with Gasteiger partial charge in [-0.05, 0) is 63.1 Å². The van der Waals surface area contributed by atoms with Gasteiger partial charge < -0.3 is 9.84 Å². The molecule has 1 aromatic heterocycles. The van der Waals surface area contributed by atoms with Crippen LogP contribution in [-0.4, -0.2) is 35.7 Å². The molecule has 25 heavy (non-hydrogen) atoms. The van der Waals surface area contributed by atoms with Crippen molar-refractivity contribution in [3.63, 3.8) is 0 Å². The highest BCUT2D eigenvalue weighted by atomic mass is 32.1. The first kappa shape index (κ1) is 18.0. The number of aliphatic carboxylic acids is 1. The van der Waals surface area contributed by atoms with E-state index in [4.69, 9.17) is 4.74 Å². The minimum absolute atomic E-state index is 0.108. The number of aryl methyl sites for hydroxylation is 1. The van der Waals surface area contributed by atoms with Crippen LogP contribution in [0, 0.1) is 12.8 Å². The second kappa shape index (κ2) is 8.02. The number of thiophene rings is 1. The van der Waals surface area contributed by atoms with Crippen LogP contribution < -0.4 is 4.74 Å². The molecule has 3 rings (SSSR count).